The standard InChI is InChI=1S/C23H25F3N6O2/c1-14-9-18(30(2)29-14)21(34)32-13-22(11-19(32)20(28)33)5-7-31(8-6-22)16-4-3-15(12-27)17(10-16)23(24,25)26/h3-4,9-10,19H,5-8,11,13H2,1-2H3,(H2,28,33). The second kappa shape index (κ2) is 8.34. The molecule has 1 aromatic heterocycles. The predicted octanol–water partition coefficient (Wildman–Crippen LogP) is 2.61. The molecule has 1 spiro atoms. The Hall–Kier alpha value is -3.55. The normalized spacial score (nSPS) is 19.9. The van der Waals surface area contributed by atoms with Gasteiger partial charge < -0.3 is 15.5 Å². The summed E-state index contributed by atoms with van der Waals surface area (Å²) in [6.45, 7) is 3.04. The molecule has 0 bridgehead atoms. The highest BCUT2D eigenvalue weighted by atomic mass is 19.4. The highest BCUT2D eigenvalue weighted by molar-refractivity contribution is 5.96. The van der Waals surface area contributed by atoms with Gasteiger partial charge in [0.2, 0.25) is 5.91 Å². The largest absolute Gasteiger partial charge is 0.417 e. The summed E-state index contributed by atoms with van der Waals surface area (Å²) in [5.41, 5.74) is 5.38. The van der Waals surface area contributed by atoms with E-state index in [4.69, 9.17) is 11.0 Å². The van der Waals surface area contributed by atoms with Crippen molar-refractivity contribution in [3.05, 3.63) is 46.8 Å². The quantitative estimate of drug-likeness (QED) is 0.736. The summed E-state index contributed by atoms with van der Waals surface area (Å²) in [5, 5.41) is 13.2. The smallest absolute Gasteiger partial charge is 0.371 e. The maximum absolute atomic E-state index is 13.4. The van der Waals surface area contributed by atoms with E-state index < -0.39 is 29.3 Å². The van der Waals surface area contributed by atoms with Crippen LogP contribution in [0.2, 0.25) is 0 Å². The van der Waals surface area contributed by atoms with Gasteiger partial charge in [0.05, 0.1) is 22.9 Å². The third-order valence-electron chi connectivity index (χ3n) is 6.94. The molecule has 11 heteroatoms. The molecule has 2 amide bonds. The molecular weight excluding hydrogens is 449 g/mol. The molecule has 4 rings (SSSR count). The molecule has 0 radical (unpaired) electrons. The fourth-order valence-corrected chi connectivity index (χ4v) is 5.14. The van der Waals surface area contributed by atoms with Gasteiger partial charge in [0.25, 0.3) is 5.91 Å². The molecule has 0 saturated carbocycles. The summed E-state index contributed by atoms with van der Waals surface area (Å²) >= 11 is 0. The Kier molecular flexibility index (Phi) is 5.79. The number of nitrogens with two attached hydrogens (primary N) is 1. The molecule has 180 valence electrons. The number of primary amides is 1. The van der Waals surface area contributed by atoms with Crippen LogP contribution in [-0.2, 0) is 18.0 Å². The molecule has 2 N–H and O–H groups in total. The number of carbonyl (C=O) groups excluding carboxylic acids is 2. The number of alkyl halides is 3. The number of nitriles is 1. The van der Waals surface area contributed by atoms with Crippen molar-refractivity contribution in [2.75, 3.05) is 24.5 Å². The first-order valence-electron chi connectivity index (χ1n) is 10.9. The third-order valence-corrected chi connectivity index (χ3v) is 6.94. The Balaban J connectivity index is 1.53. The number of piperidine rings is 1. The van der Waals surface area contributed by atoms with Gasteiger partial charge >= 0.3 is 6.18 Å². The second-order valence-corrected chi connectivity index (χ2v) is 9.18. The number of halogens is 3. The van der Waals surface area contributed by atoms with Crippen LogP contribution in [-0.4, -0.2) is 52.2 Å². The van der Waals surface area contributed by atoms with Crippen molar-refractivity contribution in [3.8, 4) is 6.07 Å². The monoisotopic (exact) mass is 474 g/mol. The van der Waals surface area contributed by atoms with Crippen molar-refractivity contribution in [2.24, 2.45) is 18.2 Å². The van der Waals surface area contributed by atoms with E-state index in [-0.39, 0.29) is 11.3 Å². The van der Waals surface area contributed by atoms with Crippen LogP contribution >= 0.6 is 0 Å². The number of benzene rings is 1. The van der Waals surface area contributed by atoms with Gasteiger partial charge in [-0.3, -0.25) is 14.3 Å². The molecule has 34 heavy (non-hydrogen) atoms. The van der Waals surface area contributed by atoms with Crippen molar-refractivity contribution in [2.45, 2.75) is 38.4 Å². The minimum atomic E-state index is -4.62. The predicted molar refractivity (Wildman–Crippen MR) is 117 cm³/mol. The van der Waals surface area contributed by atoms with Crippen LogP contribution in [0.5, 0.6) is 0 Å². The third kappa shape index (κ3) is 4.20. The maximum Gasteiger partial charge on any atom is 0.417 e. The first-order valence-corrected chi connectivity index (χ1v) is 10.9. The maximum atomic E-state index is 13.4. The summed E-state index contributed by atoms with van der Waals surface area (Å²) in [6.07, 6.45) is -3.03. The molecule has 1 unspecified atom stereocenters. The number of amides is 2. The molecule has 0 aliphatic carbocycles. The number of aryl methyl sites for hydroxylation is 2. The summed E-state index contributed by atoms with van der Waals surface area (Å²) in [4.78, 5) is 28.8. The molecule has 2 fully saturated rings. The van der Waals surface area contributed by atoms with E-state index in [1.807, 2.05) is 4.90 Å². The lowest BCUT2D eigenvalue weighted by atomic mass is 9.76. The van der Waals surface area contributed by atoms with Gasteiger partial charge in [0.1, 0.15) is 11.7 Å². The molecule has 3 heterocycles. The Morgan fingerprint density at radius 3 is 2.44 bits per heavy atom. The van der Waals surface area contributed by atoms with E-state index in [2.05, 4.69) is 5.10 Å². The van der Waals surface area contributed by atoms with Crippen LogP contribution in [0.25, 0.3) is 0 Å². The van der Waals surface area contributed by atoms with Crippen molar-refractivity contribution >= 4 is 17.5 Å². The summed E-state index contributed by atoms with van der Waals surface area (Å²) in [7, 11) is 1.66. The van der Waals surface area contributed by atoms with Crippen LogP contribution in [0.15, 0.2) is 24.3 Å². The zero-order valence-corrected chi connectivity index (χ0v) is 18.9. The molecule has 2 aliphatic heterocycles. The molecule has 2 aliphatic rings. The first kappa shape index (κ1) is 23.6. The summed E-state index contributed by atoms with van der Waals surface area (Å²) < 4.78 is 41.6. The zero-order chi connectivity index (χ0) is 24.8. The minimum absolute atomic E-state index is 0.312. The number of hydrogen-bond donors (Lipinski definition) is 1. The van der Waals surface area contributed by atoms with Crippen molar-refractivity contribution in [3.63, 3.8) is 0 Å². The fraction of sp³-hybridized carbons (Fsp3) is 0.478. The molecular formula is C23H25F3N6O2. The Bertz CT molecular complexity index is 1170. The highest BCUT2D eigenvalue weighted by Crippen LogP contribution is 2.45. The van der Waals surface area contributed by atoms with Crippen LogP contribution in [0.3, 0.4) is 0 Å². The number of nitrogens with zero attached hydrogens (tertiary/aromatic N) is 5. The van der Waals surface area contributed by atoms with Crippen LogP contribution in [0, 0.1) is 23.7 Å². The Labute approximate surface area is 194 Å². The second-order valence-electron chi connectivity index (χ2n) is 9.18. The molecule has 1 aromatic carbocycles. The average molecular weight is 474 g/mol. The lowest BCUT2D eigenvalue weighted by Crippen LogP contribution is -2.45. The van der Waals surface area contributed by atoms with Crippen LogP contribution in [0.1, 0.15) is 46.6 Å². The fourth-order valence-electron chi connectivity index (χ4n) is 5.14. The van der Waals surface area contributed by atoms with Crippen molar-refractivity contribution < 1.29 is 22.8 Å². The van der Waals surface area contributed by atoms with E-state index in [0.29, 0.717) is 56.0 Å². The van der Waals surface area contributed by atoms with Gasteiger partial charge in [-0.15, -0.1) is 0 Å². The lowest BCUT2D eigenvalue weighted by Gasteiger charge is -2.40. The Morgan fingerprint density at radius 1 is 1.24 bits per heavy atom. The highest BCUT2D eigenvalue weighted by Gasteiger charge is 2.49. The number of likely N-dealkylation sites (tertiary alicyclic amines) is 1. The molecule has 2 aromatic rings. The molecule has 2 saturated heterocycles. The number of anilines is 1. The van der Waals surface area contributed by atoms with E-state index >= 15 is 0 Å². The van der Waals surface area contributed by atoms with E-state index in [0.717, 1.165) is 6.07 Å². The van der Waals surface area contributed by atoms with E-state index in [9.17, 15) is 22.8 Å². The van der Waals surface area contributed by atoms with Gasteiger partial charge in [-0.2, -0.15) is 23.5 Å². The average Bonchev–Trinajstić information content (AvgIpc) is 3.32. The summed E-state index contributed by atoms with van der Waals surface area (Å²) in [6, 6.07) is 6.24. The number of hydrogen-bond acceptors (Lipinski definition) is 5. The van der Waals surface area contributed by atoms with Gasteiger partial charge in [0, 0.05) is 32.4 Å². The van der Waals surface area contributed by atoms with Crippen molar-refractivity contribution in [1.82, 2.24) is 14.7 Å². The van der Waals surface area contributed by atoms with Gasteiger partial charge in [-0.05, 0) is 55.9 Å². The lowest BCUT2D eigenvalue weighted by molar-refractivity contribution is -0.137. The van der Waals surface area contributed by atoms with Crippen LogP contribution in [0.4, 0.5) is 18.9 Å². The minimum Gasteiger partial charge on any atom is -0.371 e. The zero-order valence-electron chi connectivity index (χ0n) is 18.9. The topological polar surface area (TPSA) is 108 Å². The van der Waals surface area contributed by atoms with Crippen LogP contribution < -0.4 is 10.6 Å². The number of rotatable bonds is 3. The van der Waals surface area contributed by atoms with E-state index in [1.54, 1.807) is 26.1 Å². The first-order chi connectivity index (χ1) is 15.9. The van der Waals surface area contributed by atoms with Gasteiger partial charge in [-0.1, -0.05) is 0 Å². The molecule has 1 atom stereocenters. The van der Waals surface area contributed by atoms with Crippen molar-refractivity contribution in [1.29, 1.82) is 5.26 Å². The Morgan fingerprint density at radius 2 is 1.91 bits per heavy atom. The van der Waals surface area contributed by atoms with Gasteiger partial charge in [-0.25, -0.2) is 0 Å². The van der Waals surface area contributed by atoms with E-state index in [1.165, 1.54) is 21.7 Å². The number of carbonyl (C=O) groups is 2. The summed E-state index contributed by atoms with van der Waals surface area (Å²) in [5.74, 6) is -0.887. The SMILES string of the molecule is Cc1cc(C(=O)N2CC3(CCN(c4ccc(C#N)c(C(F)(F)F)c4)CC3)CC2C(N)=O)n(C)n1. The molecule has 8 nitrogen and oxygen atoms in total. The number of aromatic nitrogens is 2. The van der Waals surface area contributed by atoms with Gasteiger partial charge in [0.15, 0.2) is 0 Å².